The minimum absolute atomic E-state index is 0.00382. The first-order valence-electron chi connectivity index (χ1n) is 12.1. The largest absolute Gasteiger partial charge is 0.454 e. The summed E-state index contributed by atoms with van der Waals surface area (Å²) in [5, 5.41) is 3.89. The van der Waals surface area contributed by atoms with Gasteiger partial charge in [0, 0.05) is 47.5 Å². The van der Waals surface area contributed by atoms with Crippen molar-refractivity contribution >= 4 is 35.0 Å². The van der Waals surface area contributed by atoms with E-state index >= 15 is 0 Å². The number of nitrogens with zero attached hydrogens (tertiary/aromatic N) is 2. The Labute approximate surface area is 221 Å². The molecule has 6 nitrogen and oxygen atoms in total. The van der Waals surface area contributed by atoms with Crippen LogP contribution < -0.4 is 14.8 Å². The molecular formula is C28H30ClN3O3S. The Balaban J connectivity index is 1.19. The Morgan fingerprint density at radius 2 is 1.69 bits per heavy atom. The fourth-order valence-electron chi connectivity index (χ4n) is 4.47. The first-order chi connectivity index (χ1) is 17.4. The van der Waals surface area contributed by atoms with Gasteiger partial charge in [0.05, 0.1) is 11.2 Å². The van der Waals surface area contributed by atoms with Gasteiger partial charge in [0.1, 0.15) is 0 Å². The van der Waals surface area contributed by atoms with Crippen molar-refractivity contribution in [2.24, 2.45) is 0 Å². The second kappa shape index (κ2) is 10.7. The summed E-state index contributed by atoms with van der Waals surface area (Å²) in [6.45, 7) is 8.60. The summed E-state index contributed by atoms with van der Waals surface area (Å²) in [7, 11) is 0. The average Bonchev–Trinajstić information content (AvgIpc) is 3.35. The lowest BCUT2D eigenvalue weighted by Gasteiger charge is -2.43. The van der Waals surface area contributed by atoms with E-state index in [1.54, 1.807) is 11.8 Å². The van der Waals surface area contributed by atoms with E-state index in [1.807, 2.05) is 68.4 Å². The molecule has 0 atom stereocenters. The zero-order valence-corrected chi connectivity index (χ0v) is 22.1. The molecule has 3 aromatic carbocycles. The monoisotopic (exact) mass is 523 g/mol. The molecule has 0 radical (unpaired) electrons. The quantitative estimate of drug-likeness (QED) is 0.425. The maximum Gasteiger partial charge on any atom is 0.244 e. The Morgan fingerprint density at radius 1 is 0.972 bits per heavy atom. The van der Waals surface area contributed by atoms with Crippen LogP contribution in [0.1, 0.15) is 19.4 Å². The molecule has 8 heteroatoms. The number of carbonyl (C=O) groups is 1. The molecule has 2 aliphatic heterocycles. The van der Waals surface area contributed by atoms with E-state index in [4.69, 9.17) is 21.1 Å². The lowest BCUT2D eigenvalue weighted by atomic mass is 10.00. The van der Waals surface area contributed by atoms with Gasteiger partial charge in [0.2, 0.25) is 12.7 Å². The van der Waals surface area contributed by atoms with Gasteiger partial charge in [-0.05, 0) is 67.9 Å². The lowest BCUT2D eigenvalue weighted by molar-refractivity contribution is -0.127. The van der Waals surface area contributed by atoms with Crippen molar-refractivity contribution in [1.29, 1.82) is 0 Å². The molecule has 0 spiro atoms. The molecule has 0 aliphatic carbocycles. The van der Waals surface area contributed by atoms with Gasteiger partial charge < -0.3 is 14.8 Å². The van der Waals surface area contributed by atoms with Crippen molar-refractivity contribution in [3.8, 4) is 11.5 Å². The summed E-state index contributed by atoms with van der Waals surface area (Å²) in [5.41, 5.74) is 1.39. The van der Waals surface area contributed by atoms with Crippen LogP contribution in [-0.2, 0) is 11.3 Å². The van der Waals surface area contributed by atoms with Gasteiger partial charge in [-0.1, -0.05) is 41.6 Å². The number of amides is 1. The number of carbonyl (C=O) groups excluding carboxylic acids is 1. The summed E-state index contributed by atoms with van der Waals surface area (Å²) < 4.78 is 10.9. The zero-order chi connectivity index (χ0) is 25.1. The second-order valence-corrected chi connectivity index (χ2v) is 11.1. The summed E-state index contributed by atoms with van der Waals surface area (Å²) in [5.74, 6) is 1.62. The number of para-hydroxylation sites is 1. The van der Waals surface area contributed by atoms with E-state index in [1.165, 1.54) is 5.56 Å². The number of piperazine rings is 1. The van der Waals surface area contributed by atoms with Crippen LogP contribution in [0.4, 0.5) is 5.69 Å². The number of benzene rings is 3. The lowest BCUT2D eigenvalue weighted by Crippen LogP contribution is -2.59. The third kappa shape index (κ3) is 5.65. The number of anilines is 1. The van der Waals surface area contributed by atoms with Gasteiger partial charge >= 0.3 is 0 Å². The van der Waals surface area contributed by atoms with Gasteiger partial charge in [0.25, 0.3) is 0 Å². The predicted molar refractivity (Wildman–Crippen MR) is 144 cm³/mol. The zero-order valence-electron chi connectivity index (χ0n) is 20.5. The molecule has 36 heavy (non-hydrogen) atoms. The minimum atomic E-state index is -0.636. The SMILES string of the molecule is CC(C)(C(=O)Nc1ccccc1Sc1ccc(Cl)cc1)N1CCN(Cc2ccc3c(c2)OCO3)CC1. The fraction of sp³-hybridized carbons (Fsp3) is 0.321. The van der Waals surface area contributed by atoms with E-state index in [0.29, 0.717) is 11.8 Å². The molecule has 1 N–H and O–H groups in total. The van der Waals surface area contributed by atoms with E-state index in [-0.39, 0.29) is 5.91 Å². The average molecular weight is 524 g/mol. The highest BCUT2D eigenvalue weighted by Crippen LogP contribution is 2.35. The summed E-state index contributed by atoms with van der Waals surface area (Å²) in [4.78, 5) is 20.2. The van der Waals surface area contributed by atoms with Crippen LogP contribution >= 0.6 is 23.4 Å². The highest BCUT2D eigenvalue weighted by Gasteiger charge is 2.36. The molecule has 3 aromatic rings. The molecule has 0 bridgehead atoms. The van der Waals surface area contributed by atoms with Crippen LogP contribution in [0.2, 0.25) is 5.02 Å². The van der Waals surface area contributed by atoms with Crippen LogP contribution in [-0.4, -0.2) is 54.2 Å². The highest BCUT2D eigenvalue weighted by molar-refractivity contribution is 7.99. The highest BCUT2D eigenvalue weighted by atomic mass is 35.5. The van der Waals surface area contributed by atoms with Crippen LogP contribution in [0.15, 0.2) is 76.5 Å². The number of ether oxygens (including phenoxy) is 2. The standard InChI is InChI=1S/C28H30ClN3O3S/c1-28(2,27(33)30-23-5-3-4-6-26(23)36-22-10-8-21(29)9-11-22)32-15-13-31(14-16-32)18-20-7-12-24-25(17-20)35-19-34-24/h3-12,17H,13-16,18-19H2,1-2H3,(H,30,33). The molecule has 0 unspecified atom stereocenters. The number of halogens is 1. The number of hydrogen-bond donors (Lipinski definition) is 1. The Morgan fingerprint density at radius 3 is 2.47 bits per heavy atom. The normalized spacial score (nSPS) is 16.2. The number of nitrogens with one attached hydrogen (secondary N) is 1. The third-order valence-electron chi connectivity index (χ3n) is 6.74. The fourth-order valence-corrected chi connectivity index (χ4v) is 5.50. The summed E-state index contributed by atoms with van der Waals surface area (Å²) in [6, 6.07) is 21.8. The topological polar surface area (TPSA) is 54.0 Å². The van der Waals surface area contributed by atoms with Gasteiger partial charge in [-0.3, -0.25) is 14.6 Å². The van der Waals surface area contributed by atoms with Gasteiger partial charge in [0.15, 0.2) is 11.5 Å². The van der Waals surface area contributed by atoms with Gasteiger partial charge in [-0.2, -0.15) is 0 Å². The molecule has 1 saturated heterocycles. The molecule has 0 aromatic heterocycles. The van der Waals surface area contributed by atoms with E-state index in [2.05, 4.69) is 27.2 Å². The first-order valence-corrected chi connectivity index (χ1v) is 13.3. The van der Waals surface area contributed by atoms with Gasteiger partial charge in [-0.25, -0.2) is 0 Å². The van der Waals surface area contributed by atoms with Crippen molar-refractivity contribution in [2.75, 3.05) is 38.3 Å². The van der Waals surface area contributed by atoms with E-state index < -0.39 is 5.54 Å². The molecule has 2 aliphatic rings. The van der Waals surface area contributed by atoms with Crippen molar-refractivity contribution in [3.05, 3.63) is 77.3 Å². The maximum atomic E-state index is 13.4. The second-order valence-electron chi connectivity index (χ2n) is 9.52. The van der Waals surface area contributed by atoms with Crippen LogP contribution in [0.3, 0.4) is 0 Å². The summed E-state index contributed by atoms with van der Waals surface area (Å²) >= 11 is 7.63. The Bertz CT molecular complexity index is 1230. The molecule has 0 saturated carbocycles. The molecule has 5 rings (SSSR count). The third-order valence-corrected chi connectivity index (χ3v) is 8.07. The molecule has 188 valence electrons. The Hall–Kier alpha value is -2.71. The molecule has 2 heterocycles. The molecule has 1 amide bonds. The van der Waals surface area contributed by atoms with Crippen molar-refractivity contribution in [3.63, 3.8) is 0 Å². The van der Waals surface area contributed by atoms with Crippen LogP contribution in [0.25, 0.3) is 0 Å². The van der Waals surface area contributed by atoms with Crippen molar-refractivity contribution in [2.45, 2.75) is 35.7 Å². The van der Waals surface area contributed by atoms with Crippen LogP contribution in [0.5, 0.6) is 11.5 Å². The number of rotatable bonds is 7. The van der Waals surface area contributed by atoms with Gasteiger partial charge in [-0.15, -0.1) is 0 Å². The maximum absolute atomic E-state index is 13.4. The summed E-state index contributed by atoms with van der Waals surface area (Å²) in [6.07, 6.45) is 0. The predicted octanol–water partition coefficient (Wildman–Crippen LogP) is 5.75. The molecular weight excluding hydrogens is 494 g/mol. The number of fused-ring (bicyclic) bond motifs is 1. The number of hydrogen-bond acceptors (Lipinski definition) is 6. The van der Waals surface area contributed by atoms with Crippen molar-refractivity contribution in [1.82, 2.24) is 9.80 Å². The molecule has 1 fully saturated rings. The van der Waals surface area contributed by atoms with E-state index in [9.17, 15) is 4.79 Å². The Kier molecular flexibility index (Phi) is 7.44. The first kappa shape index (κ1) is 25.0. The smallest absolute Gasteiger partial charge is 0.244 e. The minimum Gasteiger partial charge on any atom is -0.454 e. The van der Waals surface area contributed by atoms with E-state index in [0.717, 1.165) is 59.7 Å². The van der Waals surface area contributed by atoms with Crippen LogP contribution in [0, 0.1) is 0 Å². The van der Waals surface area contributed by atoms with Crippen molar-refractivity contribution < 1.29 is 14.3 Å².